The monoisotopic (exact) mass is 286 g/mol. The number of Topliss-reactive ketones (excluding diaryl/α,β-unsaturated/α-hetero) is 4. The lowest BCUT2D eigenvalue weighted by atomic mass is 9.79. The minimum Gasteiger partial charge on any atom is -0.435 e. The van der Waals surface area contributed by atoms with E-state index in [0.717, 1.165) is 0 Å². The van der Waals surface area contributed by atoms with Gasteiger partial charge < -0.3 is 4.74 Å². The topological polar surface area (TPSA) is 94.6 Å². The van der Waals surface area contributed by atoms with E-state index in [1.165, 1.54) is 19.1 Å². The number of rotatable bonds is 2. The second-order valence-corrected chi connectivity index (χ2v) is 4.95. The number of carbonyl (C=O) groups is 5. The lowest BCUT2D eigenvalue weighted by molar-refractivity contribution is -0.149. The third-order valence-electron chi connectivity index (χ3n) is 3.88. The van der Waals surface area contributed by atoms with Crippen molar-refractivity contribution in [1.29, 1.82) is 0 Å². The third kappa shape index (κ3) is 1.44. The third-order valence-corrected chi connectivity index (χ3v) is 3.88. The molecule has 1 aliphatic carbocycles. The number of esters is 1. The number of carbonyl (C=O) groups excluding carboxylic acids is 5. The average Bonchev–Trinajstić information content (AvgIpc) is 2.88. The van der Waals surface area contributed by atoms with Crippen LogP contribution in [0.25, 0.3) is 0 Å². The van der Waals surface area contributed by atoms with Crippen LogP contribution >= 0.6 is 0 Å². The number of ketones is 4. The van der Waals surface area contributed by atoms with E-state index in [2.05, 4.69) is 0 Å². The molecular formula is C15H10O6. The number of hydrogen-bond acceptors (Lipinski definition) is 6. The van der Waals surface area contributed by atoms with E-state index in [-0.39, 0.29) is 17.5 Å². The van der Waals surface area contributed by atoms with Crippen LogP contribution in [0.4, 0.5) is 0 Å². The summed E-state index contributed by atoms with van der Waals surface area (Å²) in [7, 11) is 0. The molecule has 6 heteroatoms. The molecule has 1 spiro atoms. The molecule has 6 nitrogen and oxygen atoms in total. The van der Waals surface area contributed by atoms with Crippen molar-refractivity contribution in [3.8, 4) is 0 Å². The Morgan fingerprint density at radius 2 is 1.62 bits per heavy atom. The molecule has 2 aliphatic rings. The predicted octanol–water partition coefficient (Wildman–Crippen LogP) is 0.526. The molecule has 1 aliphatic heterocycles. The molecule has 1 saturated heterocycles. The molecule has 1 atom stereocenters. The number of fused-ring (bicyclic) bond motifs is 1. The van der Waals surface area contributed by atoms with Crippen molar-refractivity contribution in [2.75, 3.05) is 0 Å². The highest BCUT2D eigenvalue weighted by atomic mass is 16.6. The highest BCUT2D eigenvalue weighted by Gasteiger charge is 2.70. The maximum Gasteiger partial charge on any atom is 0.377 e. The Labute approximate surface area is 119 Å². The SMILES string of the molecule is CCC(=O)C1C(=O)C(=O)OC12C(=O)c1ccccc1C2=O. The standard InChI is InChI=1S/C15H10O6/c1-2-9(16)10-11(17)14(20)21-15(10)12(18)7-5-3-4-6-8(7)13(15)19/h3-6,10H,2H2,1H3. The van der Waals surface area contributed by atoms with Gasteiger partial charge in [-0.15, -0.1) is 0 Å². The Kier molecular flexibility index (Phi) is 2.66. The van der Waals surface area contributed by atoms with Crippen LogP contribution in [-0.4, -0.2) is 34.7 Å². The lowest BCUT2D eigenvalue weighted by Gasteiger charge is -2.22. The number of ether oxygens (including phenoxy) is 1. The summed E-state index contributed by atoms with van der Waals surface area (Å²) in [5.74, 6) is -6.36. The molecule has 0 N–H and O–H groups in total. The van der Waals surface area contributed by atoms with Gasteiger partial charge in [-0.1, -0.05) is 31.2 Å². The van der Waals surface area contributed by atoms with Crippen LogP contribution in [0.1, 0.15) is 34.1 Å². The zero-order valence-corrected chi connectivity index (χ0v) is 11.0. The molecule has 1 fully saturated rings. The van der Waals surface area contributed by atoms with E-state index in [9.17, 15) is 24.0 Å². The van der Waals surface area contributed by atoms with Gasteiger partial charge in [-0.3, -0.25) is 19.2 Å². The summed E-state index contributed by atoms with van der Waals surface area (Å²) in [5.41, 5.74) is -2.19. The fraction of sp³-hybridized carbons (Fsp3) is 0.267. The number of hydrogen-bond donors (Lipinski definition) is 0. The van der Waals surface area contributed by atoms with Crippen LogP contribution in [0.2, 0.25) is 0 Å². The molecule has 1 aromatic rings. The van der Waals surface area contributed by atoms with Gasteiger partial charge in [0.2, 0.25) is 11.6 Å². The zero-order valence-electron chi connectivity index (χ0n) is 11.0. The molecule has 0 aromatic heterocycles. The molecule has 106 valence electrons. The molecule has 0 radical (unpaired) electrons. The molecule has 0 amide bonds. The highest BCUT2D eigenvalue weighted by molar-refractivity contribution is 6.48. The van der Waals surface area contributed by atoms with Crippen LogP contribution in [0, 0.1) is 5.92 Å². The quantitative estimate of drug-likeness (QED) is 0.447. The molecule has 1 heterocycles. The minimum atomic E-state index is -2.33. The maximum atomic E-state index is 12.6. The first kappa shape index (κ1) is 13.4. The summed E-state index contributed by atoms with van der Waals surface area (Å²) in [6.45, 7) is 1.49. The normalized spacial score (nSPS) is 22.6. The number of benzene rings is 1. The van der Waals surface area contributed by atoms with Crippen LogP contribution in [0.3, 0.4) is 0 Å². The van der Waals surface area contributed by atoms with Gasteiger partial charge in [0.25, 0.3) is 11.4 Å². The Balaban J connectivity index is 2.24. The Bertz CT molecular complexity index is 694. The zero-order chi connectivity index (χ0) is 15.4. The molecular weight excluding hydrogens is 276 g/mol. The summed E-state index contributed by atoms with van der Waals surface area (Å²) in [5, 5.41) is 0. The average molecular weight is 286 g/mol. The van der Waals surface area contributed by atoms with Crippen LogP contribution in [0.15, 0.2) is 24.3 Å². The van der Waals surface area contributed by atoms with Gasteiger partial charge >= 0.3 is 5.97 Å². The molecule has 0 bridgehead atoms. The summed E-state index contributed by atoms with van der Waals surface area (Å²) in [6.07, 6.45) is -0.0777. The van der Waals surface area contributed by atoms with Gasteiger partial charge in [0, 0.05) is 17.5 Å². The van der Waals surface area contributed by atoms with E-state index in [1.807, 2.05) is 0 Å². The van der Waals surface area contributed by atoms with Crippen molar-refractivity contribution in [2.24, 2.45) is 5.92 Å². The van der Waals surface area contributed by atoms with Crippen molar-refractivity contribution >= 4 is 29.1 Å². The summed E-state index contributed by atoms with van der Waals surface area (Å²) >= 11 is 0. The maximum absolute atomic E-state index is 12.6. The summed E-state index contributed by atoms with van der Waals surface area (Å²) in [6, 6.07) is 5.93. The van der Waals surface area contributed by atoms with E-state index >= 15 is 0 Å². The first-order valence-electron chi connectivity index (χ1n) is 6.43. The van der Waals surface area contributed by atoms with E-state index in [0.29, 0.717) is 0 Å². The van der Waals surface area contributed by atoms with Crippen molar-refractivity contribution in [3.05, 3.63) is 35.4 Å². The van der Waals surface area contributed by atoms with Crippen LogP contribution in [-0.2, 0) is 19.1 Å². The van der Waals surface area contributed by atoms with Gasteiger partial charge in [0.15, 0.2) is 0 Å². The van der Waals surface area contributed by atoms with E-state index in [1.54, 1.807) is 12.1 Å². The molecule has 0 saturated carbocycles. The first-order chi connectivity index (χ1) is 9.95. The molecule has 21 heavy (non-hydrogen) atoms. The Morgan fingerprint density at radius 1 is 1.10 bits per heavy atom. The van der Waals surface area contributed by atoms with Crippen molar-refractivity contribution in [3.63, 3.8) is 0 Å². The Morgan fingerprint density at radius 3 is 2.10 bits per heavy atom. The van der Waals surface area contributed by atoms with Gasteiger partial charge in [0.05, 0.1) is 0 Å². The van der Waals surface area contributed by atoms with Gasteiger partial charge in [0.1, 0.15) is 11.7 Å². The van der Waals surface area contributed by atoms with Crippen molar-refractivity contribution in [1.82, 2.24) is 0 Å². The minimum absolute atomic E-state index is 0.0684. The lowest BCUT2D eigenvalue weighted by Crippen LogP contribution is -2.50. The van der Waals surface area contributed by atoms with E-state index < -0.39 is 40.6 Å². The van der Waals surface area contributed by atoms with Crippen LogP contribution < -0.4 is 0 Å². The predicted molar refractivity (Wildman–Crippen MR) is 67.7 cm³/mol. The molecule has 3 rings (SSSR count). The second kappa shape index (κ2) is 4.18. The van der Waals surface area contributed by atoms with Crippen molar-refractivity contribution in [2.45, 2.75) is 18.9 Å². The Hall–Kier alpha value is -2.63. The highest BCUT2D eigenvalue weighted by Crippen LogP contribution is 2.43. The van der Waals surface area contributed by atoms with E-state index in [4.69, 9.17) is 4.74 Å². The second-order valence-electron chi connectivity index (χ2n) is 4.95. The largest absolute Gasteiger partial charge is 0.435 e. The summed E-state index contributed by atoms with van der Waals surface area (Å²) < 4.78 is 4.86. The first-order valence-corrected chi connectivity index (χ1v) is 6.43. The van der Waals surface area contributed by atoms with Crippen molar-refractivity contribution < 1.29 is 28.7 Å². The van der Waals surface area contributed by atoms with Gasteiger partial charge in [-0.2, -0.15) is 0 Å². The van der Waals surface area contributed by atoms with Crippen LogP contribution in [0.5, 0.6) is 0 Å². The molecule has 1 aromatic carbocycles. The van der Waals surface area contributed by atoms with Gasteiger partial charge in [-0.05, 0) is 0 Å². The molecule has 1 unspecified atom stereocenters. The van der Waals surface area contributed by atoms with Gasteiger partial charge in [-0.25, -0.2) is 4.79 Å². The smallest absolute Gasteiger partial charge is 0.377 e. The fourth-order valence-corrected chi connectivity index (χ4v) is 2.87. The fourth-order valence-electron chi connectivity index (χ4n) is 2.87. The summed E-state index contributed by atoms with van der Waals surface area (Å²) in [4.78, 5) is 60.6.